The Balaban J connectivity index is 2.66. The molecule has 4 heteroatoms. The lowest BCUT2D eigenvalue weighted by Gasteiger charge is -2.14. The van der Waals surface area contributed by atoms with Gasteiger partial charge in [0.15, 0.2) is 0 Å². The molecule has 0 aliphatic rings. The van der Waals surface area contributed by atoms with Crippen molar-refractivity contribution in [1.29, 1.82) is 0 Å². The van der Waals surface area contributed by atoms with E-state index in [0.29, 0.717) is 33.8 Å². The molecule has 0 N–H and O–H groups in total. The van der Waals surface area contributed by atoms with Crippen LogP contribution in [0.2, 0.25) is 0 Å². The summed E-state index contributed by atoms with van der Waals surface area (Å²) in [5.41, 5.74) is 2.00. The van der Waals surface area contributed by atoms with Gasteiger partial charge in [-0.15, -0.1) is 0 Å². The van der Waals surface area contributed by atoms with Crippen molar-refractivity contribution in [3.05, 3.63) is 58.4 Å². The summed E-state index contributed by atoms with van der Waals surface area (Å²) >= 11 is 0. The fraction of sp³-hybridized carbons (Fsp3) is 0.235. The number of hydrogen-bond donors (Lipinski definition) is 0. The Hall–Kier alpha value is -2.36. The van der Waals surface area contributed by atoms with Crippen molar-refractivity contribution < 1.29 is 18.7 Å². The Morgan fingerprint density at radius 1 is 0.952 bits per heavy atom. The van der Waals surface area contributed by atoms with E-state index >= 15 is 0 Å². The van der Waals surface area contributed by atoms with Gasteiger partial charge >= 0.3 is 0 Å². The fourth-order valence-electron chi connectivity index (χ4n) is 2.47. The molecule has 21 heavy (non-hydrogen) atoms. The first-order valence-electron chi connectivity index (χ1n) is 6.52. The summed E-state index contributed by atoms with van der Waals surface area (Å²) in [7, 11) is 2.99. The Morgan fingerprint density at radius 2 is 1.43 bits per heavy atom. The zero-order valence-corrected chi connectivity index (χ0v) is 12.5. The molecule has 0 aliphatic heterocycles. The molecule has 3 nitrogen and oxygen atoms in total. The highest BCUT2D eigenvalue weighted by atomic mass is 19.1. The van der Waals surface area contributed by atoms with Gasteiger partial charge in [-0.1, -0.05) is 6.07 Å². The molecule has 2 rings (SSSR count). The van der Waals surface area contributed by atoms with Gasteiger partial charge in [0.25, 0.3) is 0 Å². The maximum Gasteiger partial charge on any atom is 0.201 e. The number of methoxy groups -OCH3 is 2. The summed E-state index contributed by atoms with van der Waals surface area (Å²) in [5.74, 6) is 0.276. The molecule has 0 bridgehead atoms. The molecule has 0 fully saturated rings. The number of benzene rings is 2. The second-order valence-corrected chi connectivity index (χ2v) is 4.78. The summed E-state index contributed by atoms with van der Waals surface area (Å²) in [4.78, 5) is 12.9. The van der Waals surface area contributed by atoms with Crippen LogP contribution in [0.1, 0.15) is 27.0 Å². The van der Waals surface area contributed by atoms with Crippen LogP contribution in [0.25, 0.3) is 0 Å². The molecule has 0 amide bonds. The average Bonchev–Trinajstić information content (AvgIpc) is 2.44. The number of ketones is 1. The van der Waals surface area contributed by atoms with Crippen molar-refractivity contribution in [1.82, 2.24) is 0 Å². The van der Waals surface area contributed by atoms with Gasteiger partial charge in [-0.2, -0.15) is 0 Å². The van der Waals surface area contributed by atoms with Crippen molar-refractivity contribution >= 4 is 5.78 Å². The van der Waals surface area contributed by atoms with Gasteiger partial charge in [0, 0.05) is 5.56 Å². The zero-order chi connectivity index (χ0) is 15.6. The predicted molar refractivity (Wildman–Crippen MR) is 78.9 cm³/mol. The van der Waals surface area contributed by atoms with Crippen molar-refractivity contribution in [2.24, 2.45) is 0 Å². The Morgan fingerprint density at radius 3 is 1.86 bits per heavy atom. The molecule has 2 aromatic carbocycles. The third-order valence-corrected chi connectivity index (χ3v) is 3.38. The zero-order valence-electron chi connectivity index (χ0n) is 12.5. The number of halogens is 1. The maximum absolute atomic E-state index is 13.4. The second kappa shape index (κ2) is 5.95. The smallest absolute Gasteiger partial charge is 0.201 e. The van der Waals surface area contributed by atoms with E-state index in [0.717, 1.165) is 0 Å². The Labute approximate surface area is 123 Å². The minimum Gasteiger partial charge on any atom is -0.496 e. The van der Waals surface area contributed by atoms with E-state index in [1.807, 2.05) is 0 Å². The minimum atomic E-state index is -0.353. The lowest BCUT2D eigenvalue weighted by atomic mass is 9.93. The van der Waals surface area contributed by atoms with Gasteiger partial charge < -0.3 is 9.47 Å². The standard InChI is InChI=1S/C17H17FO3/c1-10-8-12(18)9-11(2)15(10)17(19)16-13(20-3)6-5-7-14(16)21-4/h5-9H,1-4H3. The number of ether oxygens (including phenoxy) is 2. The first kappa shape index (κ1) is 15.0. The molecule has 0 heterocycles. The van der Waals surface area contributed by atoms with E-state index in [2.05, 4.69) is 0 Å². The van der Waals surface area contributed by atoms with E-state index in [1.54, 1.807) is 32.0 Å². The maximum atomic E-state index is 13.4. The van der Waals surface area contributed by atoms with Gasteiger partial charge in [-0.3, -0.25) is 4.79 Å². The van der Waals surface area contributed by atoms with E-state index in [9.17, 15) is 9.18 Å². The number of carbonyl (C=O) groups excluding carboxylic acids is 1. The van der Waals surface area contributed by atoms with Crippen molar-refractivity contribution in [2.75, 3.05) is 14.2 Å². The molecule has 0 atom stereocenters. The number of carbonyl (C=O) groups is 1. The summed E-state index contributed by atoms with van der Waals surface area (Å²) < 4.78 is 23.9. The third-order valence-electron chi connectivity index (χ3n) is 3.38. The minimum absolute atomic E-state index is 0.237. The Kier molecular flexibility index (Phi) is 4.26. The van der Waals surface area contributed by atoms with E-state index in [-0.39, 0.29) is 11.6 Å². The van der Waals surface area contributed by atoms with Gasteiger partial charge in [0.2, 0.25) is 5.78 Å². The van der Waals surface area contributed by atoms with Gasteiger partial charge in [-0.25, -0.2) is 4.39 Å². The molecule has 0 saturated heterocycles. The molecule has 0 aliphatic carbocycles. The molecule has 0 spiro atoms. The van der Waals surface area contributed by atoms with Crippen LogP contribution in [-0.4, -0.2) is 20.0 Å². The van der Waals surface area contributed by atoms with Gasteiger partial charge in [0.1, 0.15) is 22.9 Å². The first-order chi connectivity index (χ1) is 9.99. The van der Waals surface area contributed by atoms with Crippen LogP contribution >= 0.6 is 0 Å². The SMILES string of the molecule is COc1cccc(OC)c1C(=O)c1c(C)cc(F)cc1C. The van der Waals surface area contributed by atoms with Crippen LogP contribution in [0.4, 0.5) is 4.39 Å². The molecule has 0 unspecified atom stereocenters. The molecule has 0 saturated carbocycles. The molecule has 110 valence electrons. The third kappa shape index (κ3) is 2.75. The van der Waals surface area contributed by atoms with Crippen LogP contribution in [0.15, 0.2) is 30.3 Å². The fourth-order valence-corrected chi connectivity index (χ4v) is 2.47. The molecular weight excluding hydrogens is 271 g/mol. The average molecular weight is 288 g/mol. The van der Waals surface area contributed by atoms with E-state index in [4.69, 9.17) is 9.47 Å². The largest absolute Gasteiger partial charge is 0.496 e. The van der Waals surface area contributed by atoms with E-state index < -0.39 is 0 Å². The predicted octanol–water partition coefficient (Wildman–Crippen LogP) is 3.69. The monoisotopic (exact) mass is 288 g/mol. The quantitative estimate of drug-likeness (QED) is 0.805. The van der Waals surface area contributed by atoms with Crippen LogP contribution < -0.4 is 9.47 Å². The normalized spacial score (nSPS) is 10.3. The molecule has 2 aromatic rings. The lowest BCUT2D eigenvalue weighted by molar-refractivity contribution is 0.103. The number of hydrogen-bond acceptors (Lipinski definition) is 3. The van der Waals surface area contributed by atoms with E-state index in [1.165, 1.54) is 26.4 Å². The number of rotatable bonds is 4. The molecule has 0 radical (unpaired) electrons. The highest BCUT2D eigenvalue weighted by Crippen LogP contribution is 2.32. The van der Waals surface area contributed by atoms with Crippen molar-refractivity contribution in [3.8, 4) is 11.5 Å². The summed E-state index contributed by atoms with van der Waals surface area (Å²) in [6.07, 6.45) is 0. The Bertz CT molecular complexity index is 647. The highest BCUT2D eigenvalue weighted by Gasteiger charge is 2.23. The first-order valence-corrected chi connectivity index (χ1v) is 6.52. The lowest BCUT2D eigenvalue weighted by Crippen LogP contribution is -2.10. The summed E-state index contributed by atoms with van der Waals surface area (Å²) in [6.45, 7) is 3.43. The van der Waals surface area contributed by atoms with Crippen molar-refractivity contribution in [2.45, 2.75) is 13.8 Å². The molecule has 0 aromatic heterocycles. The number of aryl methyl sites for hydroxylation is 2. The van der Waals surface area contributed by atoms with Crippen LogP contribution in [-0.2, 0) is 0 Å². The summed E-state index contributed by atoms with van der Waals surface area (Å²) in [6, 6.07) is 7.84. The highest BCUT2D eigenvalue weighted by molar-refractivity contribution is 6.14. The second-order valence-electron chi connectivity index (χ2n) is 4.78. The van der Waals surface area contributed by atoms with Gasteiger partial charge in [0.05, 0.1) is 14.2 Å². The van der Waals surface area contributed by atoms with Crippen LogP contribution in [0, 0.1) is 19.7 Å². The topological polar surface area (TPSA) is 35.5 Å². The van der Waals surface area contributed by atoms with Crippen LogP contribution in [0.3, 0.4) is 0 Å². The summed E-state index contributed by atoms with van der Waals surface area (Å²) in [5, 5.41) is 0. The van der Waals surface area contributed by atoms with Gasteiger partial charge in [-0.05, 0) is 49.2 Å². The van der Waals surface area contributed by atoms with Crippen LogP contribution in [0.5, 0.6) is 11.5 Å². The van der Waals surface area contributed by atoms with Crippen molar-refractivity contribution in [3.63, 3.8) is 0 Å². The molecular formula is C17H17FO3.